The minimum Gasteiger partial charge on any atom is -0.224 e. The zero-order chi connectivity index (χ0) is 13.2. The van der Waals surface area contributed by atoms with E-state index in [2.05, 4.69) is 70.3 Å². The van der Waals surface area contributed by atoms with E-state index in [1.807, 2.05) is 6.07 Å². The van der Waals surface area contributed by atoms with E-state index < -0.39 is 0 Å². The highest BCUT2D eigenvalue weighted by atomic mass is 79.9. The third-order valence-electron chi connectivity index (χ3n) is 2.65. The Morgan fingerprint density at radius 2 is 1.89 bits per heavy atom. The van der Waals surface area contributed by atoms with Crippen molar-refractivity contribution in [2.75, 3.05) is 0 Å². The molecule has 0 aliphatic heterocycles. The van der Waals surface area contributed by atoms with E-state index in [9.17, 15) is 0 Å². The lowest BCUT2D eigenvalue weighted by molar-refractivity contribution is 0.552. The SMILES string of the molecule is CC(C)(C)c1nsc(CC(Br)c2ccccc2)n1. The number of rotatable bonds is 3. The van der Waals surface area contributed by atoms with Crippen molar-refractivity contribution in [1.29, 1.82) is 0 Å². The summed E-state index contributed by atoms with van der Waals surface area (Å²) in [4.78, 5) is 4.93. The number of halogens is 1. The van der Waals surface area contributed by atoms with Crippen molar-refractivity contribution in [3.05, 3.63) is 46.7 Å². The van der Waals surface area contributed by atoms with Gasteiger partial charge in [-0.25, -0.2) is 4.98 Å². The zero-order valence-electron chi connectivity index (χ0n) is 10.9. The summed E-state index contributed by atoms with van der Waals surface area (Å²) < 4.78 is 4.44. The molecule has 2 aromatic rings. The predicted molar refractivity (Wildman–Crippen MR) is 80.4 cm³/mol. The maximum Gasteiger partial charge on any atom is 0.147 e. The van der Waals surface area contributed by atoms with Crippen molar-refractivity contribution >= 4 is 27.5 Å². The molecule has 1 unspecified atom stereocenters. The van der Waals surface area contributed by atoms with Crippen molar-refractivity contribution < 1.29 is 0 Å². The number of hydrogen-bond acceptors (Lipinski definition) is 3. The van der Waals surface area contributed by atoms with Crippen LogP contribution in [0.5, 0.6) is 0 Å². The van der Waals surface area contributed by atoms with E-state index in [-0.39, 0.29) is 5.41 Å². The summed E-state index contributed by atoms with van der Waals surface area (Å²) >= 11 is 5.23. The lowest BCUT2D eigenvalue weighted by atomic mass is 9.96. The highest BCUT2D eigenvalue weighted by Crippen LogP contribution is 2.29. The largest absolute Gasteiger partial charge is 0.224 e. The van der Waals surface area contributed by atoms with Crippen LogP contribution >= 0.6 is 27.5 Å². The maximum atomic E-state index is 4.62. The van der Waals surface area contributed by atoms with Gasteiger partial charge in [-0.3, -0.25) is 0 Å². The summed E-state index contributed by atoms with van der Waals surface area (Å²) in [6.45, 7) is 6.42. The van der Waals surface area contributed by atoms with Gasteiger partial charge in [0.1, 0.15) is 10.8 Å². The van der Waals surface area contributed by atoms with E-state index in [1.54, 1.807) is 0 Å². The molecule has 18 heavy (non-hydrogen) atoms. The van der Waals surface area contributed by atoms with Crippen molar-refractivity contribution in [2.45, 2.75) is 37.4 Å². The average molecular weight is 325 g/mol. The molecule has 2 nitrogen and oxygen atoms in total. The van der Waals surface area contributed by atoms with E-state index in [4.69, 9.17) is 0 Å². The van der Waals surface area contributed by atoms with Crippen molar-refractivity contribution in [3.8, 4) is 0 Å². The maximum absolute atomic E-state index is 4.62. The molecular formula is C14H17BrN2S. The number of nitrogens with zero attached hydrogens (tertiary/aromatic N) is 2. The first-order valence-corrected chi connectivity index (χ1v) is 7.68. The van der Waals surface area contributed by atoms with Gasteiger partial charge in [0.05, 0.1) is 0 Å². The van der Waals surface area contributed by atoms with Crippen LogP contribution in [0.1, 0.15) is 42.0 Å². The van der Waals surface area contributed by atoms with Gasteiger partial charge >= 0.3 is 0 Å². The Morgan fingerprint density at radius 1 is 1.22 bits per heavy atom. The van der Waals surface area contributed by atoms with Gasteiger partial charge in [0.2, 0.25) is 0 Å². The van der Waals surface area contributed by atoms with Gasteiger partial charge in [0.25, 0.3) is 0 Å². The Hall–Kier alpha value is -0.740. The molecule has 1 aromatic carbocycles. The molecule has 0 radical (unpaired) electrons. The van der Waals surface area contributed by atoms with E-state index in [0.717, 1.165) is 17.3 Å². The van der Waals surface area contributed by atoms with E-state index >= 15 is 0 Å². The van der Waals surface area contributed by atoms with Crippen LogP contribution < -0.4 is 0 Å². The Balaban J connectivity index is 2.08. The van der Waals surface area contributed by atoms with Crippen LogP contribution in [0, 0.1) is 0 Å². The van der Waals surface area contributed by atoms with Gasteiger partial charge < -0.3 is 0 Å². The molecule has 0 aliphatic rings. The fraction of sp³-hybridized carbons (Fsp3) is 0.429. The number of hydrogen-bond donors (Lipinski definition) is 0. The molecule has 1 aromatic heterocycles. The lowest BCUT2D eigenvalue weighted by Crippen LogP contribution is -2.13. The molecular weight excluding hydrogens is 308 g/mol. The zero-order valence-corrected chi connectivity index (χ0v) is 13.3. The van der Waals surface area contributed by atoms with E-state index in [1.165, 1.54) is 17.1 Å². The molecule has 1 heterocycles. The quantitative estimate of drug-likeness (QED) is 0.776. The smallest absolute Gasteiger partial charge is 0.147 e. The van der Waals surface area contributed by atoms with Gasteiger partial charge in [-0.2, -0.15) is 4.37 Å². The van der Waals surface area contributed by atoms with Crippen LogP contribution in [0.3, 0.4) is 0 Å². The van der Waals surface area contributed by atoms with Crippen LogP contribution in [-0.4, -0.2) is 9.36 Å². The summed E-state index contributed by atoms with van der Waals surface area (Å²) in [5.74, 6) is 0.940. The van der Waals surface area contributed by atoms with Gasteiger partial charge in [-0.15, -0.1) is 0 Å². The number of alkyl halides is 1. The molecule has 4 heteroatoms. The van der Waals surface area contributed by atoms with Crippen LogP contribution in [0.25, 0.3) is 0 Å². The second-order valence-corrected chi connectivity index (χ2v) is 7.29. The lowest BCUT2D eigenvalue weighted by Gasteiger charge is -2.12. The second kappa shape index (κ2) is 5.49. The van der Waals surface area contributed by atoms with Crippen molar-refractivity contribution in [2.24, 2.45) is 0 Å². The predicted octanol–water partition coefficient (Wildman–Crippen LogP) is 4.51. The van der Waals surface area contributed by atoms with Gasteiger partial charge in [0, 0.05) is 16.7 Å². The standard InChI is InChI=1S/C14H17BrN2S/c1-14(2,3)13-16-12(18-17-13)9-11(15)10-7-5-4-6-8-10/h4-8,11H,9H2,1-3H3. The van der Waals surface area contributed by atoms with Crippen molar-refractivity contribution in [3.63, 3.8) is 0 Å². The van der Waals surface area contributed by atoms with Crippen LogP contribution in [0.15, 0.2) is 30.3 Å². The molecule has 0 bridgehead atoms. The molecule has 2 rings (SSSR count). The first-order chi connectivity index (χ1) is 8.47. The molecule has 0 fully saturated rings. The highest BCUT2D eigenvalue weighted by molar-refractivity contribution is 9.09. The summed E-state index contributed by atoms with van der Waals surface area (Å²) in [7, 11) is 0. The summed E-state index contributed by atoms with van der Waals surface area (Å²) in [6.07, 6.45) is 0.887. The summed E-state index contributed by atoms with van der Waals surface area (Å²) in [5, 5.41) is 1.09. The Morgan fingerprint density at radius 3 is 2.44 bits per heavy atom. The summed E-state index contributed by atoms with van der Waals surface area (Å²) in [6, 6.07) is 10.4. The average Bonchev–Trinajstić information content (AvgIpc) is 2.78. The minimum atomic E-state index is 0.0311. The Bertz CT molecular complexity index is 502. The van der Waals surface area contributed by atoms with Gasteiger partial charge in [-0.05, 0) is 17.1 Å². The fourth-order valence-electron chi connectivity index (χ4n) is 1.58. The highest BCUT2D eigenvalue weighted by Gasteiger charge is 2.20. The molecule has 0 N–H and O–H groups in total. The normalized spacial score (nSPS) is 13.6. The van der Waals surface area contributed by atoms with Gasteiger partial charge in [-0.1, -0.05) is 67.0 Å². The monoisotopic (exact) mass is 324 g/mol. The molecule has 96 valence electrons. The van der Waals surface area contributed by atoms with Crippen LogP contribution in [0.2, 0.25) is 0 Å². The molecule has 0 saturated heterocycles. The first kappa shape index (κ1) is 13.7. The van der Waals surface area contributed by atoms with Crippen LogP contribution in [-0.2, 0) is 11.8 Å². The van der Waals surface area contributed by atoms with Gasteiger partial charge in [0.15, 0.2) is 0 Å². The molecule has 0 aliphatic carbocycles. The first-order valence-electron chi connectivity index (χ1n) is 5.99. The molecule has 0 amide bonds. The Kier molecular flexibility index (Phi) is 4.17. The third kappa shape index (κ3) is 3.39. The third-order valence-corrected chi connectivity index (χ3v) is 4.24. The molecule has 1 atom stereocenters. The fourth-order valence-corrected chi connectivity index (χ4v) is 3.28. The summed E-state index contributed by atoms with van der Waals surface area (Å²) in [5.41, 5.74) is 1.31. The van der Waals surface area contributed by atoms with Crippen LogP contribution in [0.4, 0.5) is 0 Å². The van der Waals surface area contributed by atoms with Crippen molar-refractivity contribution in [1.82, 2.24) is 9.36 Å². The molecule has 0 spiro atoms. The Labute approximate surface area is 121 Å². The number of benzene rings is 1. The number of aromatic nitrogens is 2. The second-order valence-electron chi connectivity index (χ2n) is 5.34. The molecule has 0 saturated carbocycles. The minimum absolute atomic E-state index is 0.0311. The topological polar surface area (TPSA) is 25.8 Å². The van der Waals surface area contributed by atoms with E-state index in [0.29, 0.717) is 4.83 Å².